The normalized spacial score (nSPS) is 36.0. The van der Waals surface area contributed by atoms with Gasteiger partial charge in [0, 0.05) is 19.1 Å². The summed E-state index contributed by atoms with van der Waals surface area (Å²) in [4.78, 5) is 36.0. The van der Waals surface area contributed by atoms with Crippen LogP contribution in [0.2, 0.25) is 0 Å². The van der Waals surface area contributed by atoms with Crippen molar-refractivity contribution in [3.05, 3.63) is 0 Å². The summed E-state index contributed by atoms with van der Waals surface area (Å²) in [5.74, 6) is -2.87. The Morgan fingerprint density at radius 3 is 2.70 bits per heavy atom. The van der Waals surface area contributed by atoms with E-state index in [0.29, 0.717) is 12.8 Å². The minimum Gasteiger partial charge on any atom is -0.460 e. The fourth-order valence-electron chi connectivity index (χ4n) is 3.67. The van der Waals surface area contributed by atoms with Crippen molar-refractivity contribution in [2.75, 3.05) is 20.8 Å². The van der Waals surface area contributed by atoms with Gasteiger partial charge in [-0.25, -0.2) is 4.79 Å². The third-order valence-corrected chi connectivity index (χ3v) is 4.65. The molecule has 2 aliphatic carbocycles. The first-order chi connectivity index (χ1) is 9.49. The number of carbonyl (C=O) groups is 3. The smallest absolute Gasteiger partial charge is 0.375 e. The number of ketones is 2. The van der Waals surface area contributed by atoms with Crippen molar-refractivity contribution < 1.29 is 23.9 Å². The molecule has 0 amide bonds. The zero-order valence-corrected chi connectivity index (χ0v) is 12.1. The van der Waals surface area contributed by atoms with Gasteiger partial charge in [0.25, 0.3) is 5.78 Å². The lowest BCUT2D eigenvalue weighted by Crippen LogP contribution is -2.45. The molecule has 6 nitrogen and oxygen atoms in total. The van der Waals surface area contributed by atoms with E-state index >= 15 is 0 Å². The van der Waals surface area contributed by atoms with E-state index in [-0.39, 0.29) is 30.8 Å². The average Bonchev–Trinajstić information content (AvgIpc) is 2.90. The molecule has 0 heterocycles. The van der Waals surface area contributed by atoms with Gasteiger partial charge >= 0.3 is 5.97 Å². The first-order valence-corrected chi connectivity index (χ1v) is 6.94. The maximum atomic E-state index is 12.2. The zero-order valence-electron chi connectivity index (χ0n) is 12.1. The highest BCUT2D eigenvalue weighted by Gasteiger charge is 2.60. The van der Waals surface area contributed by atoms with Crippen LogP contribution in [0, 0.1) is 11.8 Å². The molecule has 0 aromatic carbocycles. The van der Waals surface area contributed by atoms with E-state index in [1.165, 1.54) is 0 Å². The Kier molecular flexibility index (Phi) is 4.25. The number of hydrogen-bond acceptors (Lipinski definition) is 6. The first-order valence-electron chi connectivity index (χ1n) is 6.94. The van der Waals surface area contributed by atoms with Gasteiger partial charge in [0.15, 0.2) is 0 Å². The number of rotatable bonds is 5. The first kappa shape index (κ1) is 15.1. The molecule has 2 saturated carbocycles. The molecule has 112 valence electrons. The summed E-state index contributed by atoms with van der Waals surface area (Å²) in [7, 11) is 3.41. The maximum absolute atomic E-state index is 12.2. The fourth-order valence-corrected chi connectivity index (χ4v) is 3.67. The summed E-state index contributed by atoms with van der Waals surface area (Å²) in [6.07, 6.45) is 1.57. The Morgan fingerprint density at radius 1 is 1.45 bits per heavy atom. The molecule has 0 radical (unpaired) electrons. The van der Waals surface area contributed by atoms with Gasteiger partial charge in [0.1, 0.15) is 5.78 Å². The van der Waals surface area contributed by atoms with E-state index in [2.05, 4.69) is 5.32 Å². The predicted octanol–water partition coefficient (Wildman–Crippen LogP) is 0.0908. The topological polar surface area (TPSA) is 81.7 Å². The van der Waals surface area contributed by atoms with E-state index in [4.69, 9.17) is 9.47 Å². The Hall–Kier alpha value is -1.27. The van der Waals surface area contributed by atoms with Crippen LogP contribution in [0.1, 0.15) is 26.2 Å². The lowest BCUT2D eigenvalue weighted by molar-refractivity contribution is -0.157. The molecule has 0 aromatic rings. The summed E-state index contributed by atoms with van der Waals surface area (Å²) in [5, 5.41) is 3.18. The minimum absolute atomic E-state index is 0.0121. The SMILES string of the molecule is CCOC(=O)C(=O)C1C(=O)C[C@@]2(NC)C[C@@H](OC)C[C@@H]12. The van der Waals surface area contributed by atoms with Gasteiger partial charge in [-0.1, -0.05) is 0 Å². The molecule has 4 atom stereocenters. The lowest BCUT2D eigenvalue weighted by Gasteiger charge is -2.29. The van der Waals surface area contributed by atoms with Crippen molar-refractivity contribution in [3.63, 3.8) is 0 Å². The Morgan fingerprint density at radius 2 is 2.15 bits per heavy atom. The van der Waals surface area contributed by atoms with Crippen molar-refractivity contribution in [2.24, 2.45) is 11.8 Å². The molecule has 2 rings (SSSR count). The molecule has 2 aliphatic rings. The van der Waals surface area contributed by atoms with Crippen LogP contribution >= 0.6 is 0 Å². The third-order valence-electron chi connectivity index (χ3n) is 4.65. The molecule has 0 bridgehead atoms. The number of fused-ring (bicyclic) bond motifs is 1. The van der Waals surface area contributed by atoms with Gasteiger partial charge in [0.2, 0.25) is 0 Å². The van der Waals surface area contributed by atoms with Crippen LogP contribution < -0.4 is 5.32 Å². The van der Waals surface area contributed by atoms with Crippen LogP contribution in [-0.2, 0) is 23.9 Å². The average molecular weight is 283 g/mol. The van der Waals surface area contributed by atoms with E-state index in [1.807, 2.05) is 0 Å². The van der Waals surface area contributed by atoms with Crippen molar-refractivity contribution in [1.29, 1.82) is 0 Å². The molecule has 1 unspecified atom stereocenters. The van der Waals surface area contributed by atoms with Gasteiger partial charge < -0.3 is 14.8 Å². The Bertz CT molecular complexity index is 435. The predicted molar refractivity (Wildman–Crippen MR) is 70.1 cm³/mol. The van der Waals surface area contributed by atoms with Gasteiger partial charge in [-0.15, -0.1) is 0 Å². The van der Waals surface area contributed by atoms with Crippen molar-refractivity contribution in [3.8, 4) is 0 Å². The number of hydrogen-bond donors (Lipinski definition) is 1. The van der Waals surface area contributed by atoms with E-state index in [1.54, 1.807) is 21.1 Å². The Labute approximate surface area is 118 Å². The summed E-state index contributed by atoms with van der Waals surface area (Å²) in [6.45, 7) is 1.77. The van der Waals surface area contributed by atoms with Crippen molar-refractivity contribution >= 4 is 17.5 Å². The summed E-state index contributed by atoms with van der Waals surface area (Å²) >= 11 is 0. The third kappa shape index (κ3) is 2.27. The molecular weight excluding hydrogens is 262 g/mol. The van der Waals surface area contributed by atoms with E-state index in [0.717, 1.165) is 0 Å². The van der Waals surface area contributed by atoms with Crippen LogP contribution in [0.5, 0.6) is 0 Å². The summed E-state index contributed by atoms with van der Waals surface area (Å²) in [5.41, 5.74) is -0.426. The van der Waals surface area contributed by atoms with E-state index < -0.39 is 23.2 Å². The molecule has 0 spiro atoms. The molecule has 1 N–H and O–H groups in total. The number of nitrogens with one attached hydrogen (secondary N) is 1. The standard InChI is InChI=1S/C14H21NO5/c1-4-20-13(18)12(17)11-9-5-8(19-3)6-14(9,15-2)7-10(11)16/h8-9,11,15H,4-7H2,1-3H3/t8-,9-,11?,14-/m0/s1. The Balaban J connectivity index is 2.24. The van der Waals surface area contributed by atoms with Crippen LogP contribution in [-0.4, -0.2) is 49.9 Å². The van der Waals surface area contributed by atoms with Crippen LogP contribution in [0.4, 0.5) is 0 Å². The van der Waals surface area contributed by atoms with Crippen LogP contribution in [0.15, 0.2) is 0 Å². The fraction of sp³-hybridized carbons (Fsp3) is 0.786. The second kappa shape index (κ2) is 5.61. The number of methoxy groups -OCH3 is 1. The monoisotopic (exact) mass is 283 g/mol. The number of carbonyl (C=O) groups excluding carboxylic acids is 3. The molecule has 6 heteroatoms. The van der Waals surface area contributed by atoms with Gasteiger partial charge in [-0.05, 0) is 32.7 Å². The van der Waals surface area contributed by atoms with Crippen molar-refractivity contribution in [1.82, 2.24) is 5.32 Å². The van der Waals surface area contributed by atoms with Crippen LogP contribution in [0.3, 0.4) is 0 Å². The van der Waals surface area contributed by atoms with Gasteiger partial charge in [-0.3, -0.25) is 9.59 Å². The minimum atomic E-state index is -0.904. The van der Waals surface area contributed by atoms with E-state index in [9.17, 15) is 14.4 Å². The molecular formula is C14H21NO5. The quantitative estimate of drug-likeness (QED) is 0.437. The largest absolute Gasteiger partial charge is 0.460 e. The molecule has 0 aromatic heterocycles. The molecule has 0 saturated heterocycles. The summed E-state index contributed by atoms with van der Waals surface area (Å²) in [6, 6.07) is 0. The number of ether oxygens (including phenoxy) is 2. The molecule has 20 heavy (non-hydrogen) atoms. The molecule has 2 fully saturated rings. The van der Waals surface area contributed by atoms with Gasteiger partial charge in [-0.2, -0.15) is 0 Å². The maximum Gasteiger partial charge on any atom is 0.375 e. The van der Waals surface area contributed by atoms with Crippen molar-refractivity contribution in [2.45, 2.75) is 37.8 Å². The summed E-state index contributed by atoms with van der Waals surface area (Å²) < 4.78 is 10.1. The highest BCUT2D eigenvalue weighted by atomic mass is 16.5. The second-order valence-electron chi connectivity index (χ2n) is 5.52. The zero-order chi connectivity index (χ0) is 14.9. The van der Waals surface area contributed by atoms with Gasteiger partial charge in [0.05, 0.1) is 18.6 Å². The highest BCUT2D eigenvalue weighted by molar-refractivity contribution is 6.38. The number of esters is 1. The second-order valence-corrected chi connectivity index (χ2v) is 5.52. The van der Waals surface area contributed by atoms with Crippen LogP contribution in [0.25, 0.3) is 0 Å². The highest BCUT2D eigenvalue weighted by Crippen LogP contribution is 2.50. The lowest BCUT2D eigenvalue weighted by atomic mass is 9.84. The number of Topliss-reactive ketones (excluding diaryl/α,β-unsaturated/α-hetero) is 2. The molecule has 0 aliphatic heterocycles.